The fourth-order valence-corrected chi connectivity index (χ4v) is 4.68. The molecule has 0 fully saturated rings. The Hall–Kier alpha value is -2.88. The molecule has 33 heavy (non-hydrogen) atoms. The van der Waals surface area contributed by atoms with Gasteiger partial charge in [0.2, 0.25) is 5.91 Å². The van der Waals surface area contributed by atoms with Crippen LogP contribution in [0.5, 0.6) is 5.06 Å². The third-order valence-corrected chi connectivity index (χ3v) is 6.81. The van der Waals surface area contributed by atoms with Gasteiger partial charge in [0.15, 0.2) is 5.06 Å². The fourth-order valence-electron chi connectivity index (χ4n) is 3.81. The maximum atomic E-state index is 13.4. The topological polar surface area (TPSA) is 99.4 Å². The van der Waals surface area contributed by atoms with Crippen molar-refractivity contribution < 1.29 is 14.3 Å². The predicted octanol–water partition coefficient (Wildman–Crippen LogP) is 3.88. The summed E-state index contributed by atoms with van der Waals surface area (Å²) in [5.74, 6) is -0.364. The van der Waals surface area contributed by atoms with Gasteiger partial charge in [-0.3, -0.25) is 4.79 Å². The molecule has 4 rings (SSSR count). The van der Waals surface area contributed by atoms with Gasteiger partial charge < -0.3 is 25.3 Å². The van der Waals surface area contributed by atoms with E-state index in [1.165, 1.54) is 17.5 Å². The normalized spacial score (nSPS) is 15.7. The lowest BCUT2D eigenvalue weighted by molar-refractivity contribution is -0.121. The number of aromatic amines is 1. The van der Waals surface area contributed by atoms with Gasteiger partial charge in [0.25, 0.3) is 0 Å². The highest BCUT2D eigenvalue weighted by molar-refractivity contribution is 7.17. The number of thiophene rings is 1. The summed E-state index contributed by atoms with van der Waals surface area (Å²) in [6, 6.07) is 9.24. The number of imidazole rings is 1. The summed E-state index contributed by atoms with van der Waals surface area (Å²) in [4.78, 5) is 35.4. The average Bonchev–Trinajstić information content (AvgIpc) is 3.38. The maximum absolute atomic E-state index is 13.4. The van der Waals surface area contributed by atoms with Crippen molar-refractivity contribution in [3.63, 3.8) is 0 Å². The third-order valence-electron chi connectivity index (χ3n) is 5.70. The van der Waals surface area contributed by atoms with Gasteiger partial charge in [-0.25, -0.2) is 9.78 Å². The average molecular weight is 488 g/mol. The number of ether oxygens (including phenoxy) is 1. The van der Waals surface area contributed by atoms with Crippen molar-refractivity contribution in [1.29, 1.82) is 0 Å². The lowest BCUT2D eigenvalue weighted by Crippen LogP contribution is -2.57. The molecule has 1 aliphatic rings. The highest BCUT2D eigenvalue weighted by atomic mass is 35.5. The number of anilines is 1. The summed E-state index contributed by atoms with van der Waals surface area (Å²) in [6.07, 6.45) is 4.56. The van der Waals surface area contributed by atoms with E-state index in [2.05, 4.69) is 38.6 Å². The lowest BCUT2D eigenvalue weighted by Gasteiger charge is -2.28. The summed E-state index contributed by atoms with van der Waals surface area (Å²) < 4.78 is 5.82. The van der Waals surface area contributed by atoms with Crippen molar-refractivity contribution in [2.24, 2.45) is 0 Å². The minimum Gasteiger partial charge on any atom is -0.399 e. The van der Waals surface area contributed by atoms with Gasteiger partial charge >= 0.3 is 6.09 Å². The Kier molecular flexibility index (Phi) is 7.02. The quantitative estimate of drug-likeness (QED) is 0.490. The number of hydrogen-bond acceptors (Lipinski definition) is 6. The van der Waals surface area contributed by atoms with Crippen molar-refractivity contribution >= 4 is 40.6 Å². The molecule has 174 valence electrons. The minimum absolute atomic E-state index is 0.179. The number of halogens is 1. The van der Waals surface area contributed by atoms with E-state index in [9.17, 15) is 9.59 Å². The monoisotopic (exact) mass is 487 g/mol. The highest BCUT2D eigenvalue weighted by Gasteiger charge is 2.37. The lowest BCUT2D eigenvalue weighted by atomic mass is 9.94. The molecule has 0 radical (unpaired) electrons. The molecule has 3 aromatic rings. The summed E-state index contributed by atoms with van der Waals surface area (Å²) >= 11 is 7.04. The molecule has 0 bridgehead atoms. The van der Waals surface area contributed by atoms with E-state index < -0.39 is 11.6 Å². The minimum atomic E-state index is -1.31. The molecule has 10 heteroatoms. The van der Waals surface area contributed by atoms with Crippen molar-refractivity contribution in [1.82, 2.24) is 20.2 Å². The number of nitrogens with zero attached hydrogens (tertiary/aromatic N) is 2. The van der Waals surface area contributed by atoms with Gasteiger partial charge in [-0.05, 0) is 62.2 Å². The van der Waals surface area contributed by atoms with Crippen LogP contribution >= 0.6 is 22.9 Å². The zero-order valence-electron chi connectivity index (χ0n) is 18.5. The number of hydrogen-bond donors (Lipinski definition) is 3. The number of carbonyl (C=O) groups is 2. The van der Waals surface area contributed by atoms with Crippen molar-refractivity contribution in [2.45, 2.75) is 31.7 Å². The molecule has 2 aromatic heterocycles. The van der Waals surface area contributed by atoms with Crippen molar-refractivity contribution in [2.75, 3.05) is 25.5 Å². The zero-order chi connectivity index (χ0) is 23.4. The van der Waals surface area contributed by atoms with Crippen LogP contribution in [-0.4, -0.2) is 52.5 Å². The Morgan fingerprint density at radius 3 is 2.73 bits per heavy atom. The van der Waals surface area contributed by atoms with Gasteiger partial charge in [0, 0.05) is 31.4 Å². The Bertz CT molecular complexity index is 1130. The van der Waals surface area contributed by atoms with Crippen molar-refractivity contribution in [3.05, 3.63) is 64.0 Å². The second kappa shape index (κ2) is 9.94. The van der Waals surface area contributed by atoms with Crippen LogP contribution in [0.15, 0.2) is 42.9 Å². The van der Waals surface area contributed by atoms with E-state index in [0.29, 0.717) is 20.8 Å². The molecule has 2 amide bonds. The molecule has 1 unspecified atom stereocenters. The first-order valence-corrected chi connectivity index (χ1v) is 11.8. The van der Waals surface area contributed by atoms with Crippen molar-refractivity contribution in [3.8, 4) is 5.06 Å². The number of nitrogens with one attached hydrogen (secondary N) is 3. The molecule has 0 saturated heterocycles. The second-order valence-electron chi connectivity index (χ2n) is 8.38. The van der Waals surface area contributed by atoms with E-state index in [1.54, 1.807) is 25.3 Å². The highest BCUT2D eigenvalue weighted by Crippen LogP contribution is 2.28. The largest absolute Gasteiger partial charge is 0.414 e. The zero-order valence-corrected chi connectivity index (χ0v) is 20.1. The van der Waals surface area contributed by atoms with E-state index in [4.69, 9.17) is 16.3 Å². The number of rotatable bonds is 6. The molecule has 1 aliphatic heterocycles. The van der Waals surface area contributed by atoms with Gasteiger partial charge in [-0.2, -0.15) is 0 Å². The molecule has 3 N–H and O–H groups in total. The Morgan fingerprint density at radius 2 is 2.03 bits per heavy atom. The number of likely N-dealkylation sites (N-methyl/N-ethyl adjacent to an activating group) is 1. The van der Waals surface area contributed by atoms with Gasteiger partial charge in [-0.1, -0.05) is 29.0 Å². The first kappa shape index (κ1) is 23.3. The van der Waals surface area contributed by atoms with Gasteiger partial charge in [0.1, 0.15) is 5.54 Å². The second-order valence-corrected chi connectivity index (χ2v) is 10.1. The third kappa shape index (κ3) is 5.93. The van der Waals surface area contributed by atoms with Crippen LogP contribution in [-0.2, 0) is 24.1 Å². The number of amides is 2. The van der Waals surface area contributed by atoms with E-state index in [0.717, 1.165) is 37.3 Å². The number of H-pyrrole nitrogens is 1. The smallest absolute Gasteiger partial charge is 0.399 e. The standard InChI is InChI=1S/C23H26ClN5O3S/c1-23(12-18-13-25-14-26-18,28-22(31)32-20-6-5-19(24)33-20)21(30)27-17-4-3-15-7-9-29(2)10-8-16(15)11-17/h3-6,11,13-14H,7-10,12H2,1-2H3,(H,25,26)(H,27,30)(H,28,31). The first-order chi connectivity index (χ1) is 15.8. The van der Waals surface area contributed by atoms with Gasteiger partial charge in [0.05, 0.1) is 16.4 Å². The van der Waals surface area contributed by atoms with Gasteiger partial charge in [-0.15, -0.1) is 0 Å². The summed E-state index contributed by atoms with van der Waals surface area (Å²) in [7, 11) is 2.12. The molecular weight excluding hydrogens is 462 g/mol. The fraction of sp³-hybridized carbons (Fsp3) is 0.348. The Morgan fingerprint density at radius 1 is 1.24 bits per heavy atom. The number of aromatic nitrogens is 2. The van der Waals surface area contributed by atoms with Crippen LogP contribution in [0.2, 0.25) is 4.34 Å². The first-order valence-electron chi connectivity index (χ1n) is 10.7. The molecule has 0 aliphatic carbocycles. The molecule has 3 heterocycles. The molecule has 1 aromatic carbocycles. The van der Waals surface area contributed by atoms with Crippen LogP contribution in [0, 0.1) is 0 Å². The van der Waals surface area contributed by atoms with Crippen LogP contribution in [0.3, 0.4) is 0 Å². The van der Waals surface area contributed by atoms with Crippen LogP contribution in [0.4, 0.5) is 10.5 Å². The van der Waals surface area contributed by atoms with E-state index in [-0.39, 0.29) is 12.3 Å². The summed E-state index contributed by atoms with van der Waals surface area (Å²) in [5, 5.41) is 6.03. The Labute approximate surface area is 201 Å². The van der Waals surface area contributed by atoms with E-state index in [1.807, 2.05) is 12.1 Å². The maximum Gasteiger partial charge on any atom is 0.414 e. The molecule has 0 saturated carbocycles. The molecule has 0 spiro atoms. The number of fused-ring (bicyclic) bond motifs is 1. The predicted molar refractivity (Wildman–Crippen MR) is 129 cm³/mol. The number of benzene rings is 1. The van der Waals surface area contributed by atoms with Crippen LogP contribution < -0.4 is 15.4 Å². The van der Waals surface area contributed by atoms with Crippen LogP contribution in [0.25, 0.3) is 0 Å². The SMILES string of the molecule is CN1CCc2ccc(NC(=O)C(C)(Cc3c[nH]cn3)NC(=O)Oc3ccc(Cl)s3)cc2CC1. The summed E-state index contributed by atoms with van der Waals surface area (Å²) in [6.45, 7) is 3.64. The number of carbonyl (C=O) groups excluding carboxylic acids is 2. The van der Waals surface area contributed by atoms with Crippen LogP contribution in [0.1, 0.15) is 23.7 Å². The summed E-state index contributed by atoms with van der Waals surface area (Å²) in [5.41, 5.74) is 2.55. The molecule has 8 nitrogen and oxygen atoms in total. The molecular formula is C23H26ClN5O3S. The Balaban J connectivity index is 1.51. The van der Waals surface area contributed by atoms with E-state index >= 15 is 0 Å². The molecule has 1 atom stereocenters.